The minimum absolute atomic E-state index is 0.0228. The Morgan fingerprint density at radius 3 is 2.38 bits per heavy atom. The van der Waals surface area contributed by atoms with Crippen LogP contribution in [0.25, 0.3) is 0 Å². The highest BCUT2D eigenvalue weighted by atomic mass is 16.6. The van der Waals surface area contributed by atoms with Crippen molar-refractivity contribution in [1.82, 2.24) is 9.88 Å². The van der Waals surface area contributed by atoms with Gasteiger partial charge in [-0.3, -0.25) is 9.78 Å². The summed E-state index contributed by atoms with van der Waals surface area (Å²) in [6.45, 7) is 6.73. The molecule has 1 aromatic rings. The minimum atomic E-state index is -1.16. The third-order valence-corrected chi connectivity index (χ3v) is 3.49. The number of nitrogens with zero attached hydrogens (tertiary/aromatic N) is 2. The largest absolute Gasteiger partial charge is 0.478 e. The van der Waals surface area contributed by atoms with Gasteiger partial charge in [0, 0.05) is 19.3 Å². The summed E-state index contributed by atoms with van der Waals surface area (Å²) in [5.41, 5.74) is -0.635. The lowest BCUT2D eigenvalue weighted by Gasteiger charge is -2.26. The molecule has 8 nitrogen and oxygen atoms in total. The number of rotatable bonds is 7. The fraction of sp³-hybridized carbons (Fsp3) is 0.556. The monoisotopic (exact) mass is 366 g/mol. The van der Waals surface area contributed by atoms with Crippen molar-refractivity contribution >= 4 is 18.0 Å². The highest BCUT2D eigenvalue weighted by molar-refractivity contribution is 6.04. The van der Waals surface area contributed by atoms with E-state index in [9.17, 15) is 19.5 Å². The Kier molecular flexibility index (Phi) is 7.70. The molecule has 0 spiro atoms. The van der Waals surface area contributed by atoms with Gasteiger partial charge in [0.2, 0.25) is 0 Å². The van der Waals surface area contributed by atoms with Gasteiger partial charge in [-0.1, -0.05) is 6.92 Å². The zero-order chi connectivity index (χ0) is 19.9. The Morgan fingerprint density at radius 1 is 1.23 bits per heavy atom. The lowest BCUT2D eigenvalue weighted by Crippen LogP contribution is -2.42. The van der Waals surface area contributed by atoms with Gasteiger partial charge in [0.05, 0.1) is 5.56 Å². The Labute approximate surface area is 152 Å². The highest BCUT2D eigenvalue weighted by Gasteiger charge is 2.30. The van der Waals surface area contributed by atoms with Crippen molar-refractivity contribution in [1.29, 1.82) is 0 Å². The first-order valence-corrected chi connectivity index (χ1v) is 8.49. The maximum absolute atomic E-state index is 12.9. The van der Waals surface area contributed by atoms with Gasteiger partial charge < -0.3 is 14.9 Å². The number of hydrogen-bond donors (Lipinski definition) is 2. The fourth-order valence-corrected chi connectivity index (χ4v) is 2.34. The summed E-state index contributed by atoms with van der Waals surface area (Å²) in [6, 6.07) is 1.32. The van der Waals surface area contributed by atoms with Gasteiger partial charge in [0.15, 0.2) is 0 Å². The van der Waals surface area contributed by atoms with Crippen LogP contribution in [-0.2, 0) is 11.2 Å². The molecule has 2 amide bonds. The summed E-state index contributed by atoms with van der Waals surface area (Å²) >= 11 is 0. The molecule has 0 aliphatic carbocycles. The number of carboxylic acid groups (broad SMARTS) is 1. The number of imide groups is 1. The van der Waals surface area contributed by atoms with E-state index in [1.54, 1.807) is 27.7 Å². The number of aromatic carboxylic acids is 1. The molecule has 2 N–H and O–H groups in total. The number of hydrogen-bond acceptors (Lipinski definition) is 6. The van der Waals surface area contributed by atoms with Crippen LogP contribution in [0, 0.1) is 0 Å². The van der Waals surface area contributed by atoms with Crippen molar-refractivity contribution in [3.05, 3.63) is 29.1 Å². The fourth-order valence-electron chi connectivity index (χ4n) is 2.34. The molecule has 0 unspecified atom stereocenters. The number of carboxylic acids is 1. The van der Waals surface area contributed by atoms with Gasteiger partial charge in [-0.2, -0.15) is 0 Å². The topological polar surface area (TPSA) is 117 Å². The minimum Gasteiger partial charge on any atom is -0.478 e. The number of aliphatic hydroxyl groups is 1. The summed E-state index contributed by atoms with van der Waals surface area (Å²) < 4.78 is 5.28. The first kappa shape index (κ1) is 21.6. The molecule has 0 fully saturated rings. The molecule has 0 saturated heterocycles. The Balaban J connectivity index is 3.25. The average molecular weight is 366 g/mol. The normalized spacial score (nSPS) is 11.1. The number of carbonyl (C=O) groups excluding carboxylic acids is 2. The second-order valence-electron chi connectivity index (χ2n) is 6.71. The predicted molar refractivity (Wildman–Crippen MR) is 94.2 cm³/mol. The van der Waals surface area contributed by atoms with E-state index in [2.05, 4.69) is 4.98 Å². The molecule has 0 bridgehead atoms. The molecule has 1 heterocycles. The van der Waals surface area contributed by atoms with Crippen molar-refractivity contribution in [3.63, 3.8) is 0 Å². The van der Waals surface area contributed by atoms with Crippen LogP contribution in [0.1, 0.15) is 66.9 Å². The van der Waals surface area contributed by atoms with E-state index in [4.69, 9.17) is 9.84 Å². The molecular formula is C18H26N2O6. The number of carbonyl (C=O) groups is 3. The van der Waals surface area contributed by atoms with Crippen molar-refractivity contribution < 1.29 is 29.3 Å². The first-order valence-electron chi connectivity index (χ1n) is 8.49. The van der Waals surface area contributed by atoms with Crippen LogP contribution in [0.2, 0.25) is 0 Å². The van der Waals surface area contributed by atoms with Crippen molar-refractivity contribution in [2.45, 2.75) is 52.6 Å². The van der Waals surface area contributed by atoms with Crippen LogP contribution in [0.4, 0.5) is 4.79 Å². The van der Waals surface area contributed by atoms with Crippen LogP contribution < -0.4 is 0 Å². The van der Waals surface area contributed by atoms with Crippen LogP contribution >= 0.6 is 0 Å². The van der Waals surface area contributed by atoms with E-state index in [1.807, 2.05) is 0 Å². The Bertz CT molecular complexity index is 666. The lowest BCUT2D eigenvalue weighted by molar-refractivity contribution is 0.0234. The molecule has 8 heteroatoms. The molecule has 144 valence electrons. The zero-order valence-electron chi connectivity index (χ0n) is 15.6. The SMILES string of the molecule is CCc1c(C(=O)O)ccnc1C(=O)N(CCCCO)C(=O)OC(C)(C)C. The molecule has 0 aliphatic rings. The summed E-state index contributed by atoms with van der Waals surface area (Å²) in [5, 5.41) is 18.2. The van der Waals surface area contributed by atoms with Crippen molar-refractivity contribution in [2.24, 2.45) is 0 Å². The van der Waals surface area contributed by atoms with Crippen LogP contribution in [0.5, 0.6) is 0 Å². The van der Waals surface area contributed by atoms with Crippen LogP contribution in [0.3, 0.4) is 0 Å². The van der Waals surface area contributed by atoms with Crippen molar-refractivity contribution in [2.75, 3.05) is 13.2 Å². The van der Waals surface area contributed by atoms with E-state index >= 15 is 0 Å². The number of unbranched alkanes of at least 4 members (excludes halogenated alkanes) is 1. The molecule has 0 atom stereocenters. The summed E-state index contributed by atoms with van der Waals surface area (Å²) in [5.74, 6) is -1.88. The quantitative estimate of drug-likeness (QED) is 0.712. The number of pyridine rings is 1. The smallest absolute Gasteiger partial charge is 0.417 e. The highest BCUT2D eigenvalue weighted by Crippen LogP contribution is 2.18. The predicted octanol–water partition coefficient (Wildman–Crippen LogP) is 2.49. The number of amides is 2. The molecule has 0 radical (unpaired) electrons. The number of ether oxygens (including phenoxy) is 1. The summed E-state index contributed by atoms with van der Waals surface area (Å²) in [6.07, 6.45) is 1.48. The first-order chi connectivity index (χ1) is 12.1. The molecule has 0 aromatic carbocycles. The molecular weight excluding hydrogens is 340 g/mol. The summed E-state index contributed by atoms with van der Waals surface area (Å²) in [4.78, 5) is 41.7. The second kappa shape index (κ2) is 9.28. The number of aliphatic hydroxyl groups excluding tert-OH is 1. The second-order valence-corrected chi connectivity index (χ2v) is 6.71. The van der Waals surface area contributed by atoms with Crippen LogP contribution in [0.15, 0.2) is 12.3 Å². The summed E-state index contributed by atoms with van der Waals surface area (Å²) in [7, 11) is 0. The molecule has 0 aliphatic heterocycles. The Morgan fingerprint density at radius 2 is 1.88 bits per heavy atom. The zero-order valence-corrected chi connectivity index (χ0v) is 15.6. The average Bonchev–Trinajstić information content (AvgIpc) is 2.55. The van der Waals surface area contributed by atoms with Gasteiger partial charge in [-0.05, 0) is 51.7 Å². The third kappa shape index (κ3) is 5.80. The van der Waals surface area contributed by atoms with Gasteiger partial charge in [-0.25, -0.2) is 14.5 Å². The van der Waals surface area contributed by atoms with E-state index in [-0.39, 0.29) is 36.4 Å². The van der Waals surface area contributed by atoms with E-state index in [0.717, 1.165) is 4.90 Å². The maximum Gasteiger partial charge on any atom is 0.417 e. The van der Waals surface area contributed by atoms with E-state index in [0.29, 0.717) is 12.8 Å². The number of aromatic nitrogens is 1. The maximum atomic E-state index is 12.9. The standard InChI is InChI=1S/C18H26N2O6/c1-5-12-13(16(23)24)8-9-19-14(12)15(22)20(10-6-7-11-21)17(25)26-18(2,3)4/h8-9,21H,5-7,10-11H2,1-4H3,(H,23,24). The van der Waals surface area contributed by atoms with Gasteiger partial charge >= 0.3 is 12.1 Å². The van der Waals surface area contributed by atoms with Crippen molar-refractivity contribution in [3.8, 4) is 0 Å². The lowest BCUT2D eigenvalue weighted by atomic mass is 10.0. The third-order valence-electron chi connectivity index (χ3n) is 3.49. The van der Waals surface area contributed by atoms with Gasteiger partial charge in [0.25, 0.3) is 5.91 Å². The Hall–Kier alpha value is -2.48. The molecule has 1 rings (SSSR count). The molecule has 26 heavy (non-hydrogen) atoms. The van der Waals surface area contributed by atoms with Gasteiger partial charge in [-0.15, -0.1) is 0 Å². The van der Waals surface area contributed by atoms with E-state index < -0.39 is 23.6 Å². The molecule has 0 saturated carbocycles. The van der Waals surface area contributed by atoms with Gasteiger partial charge in [0.1, 0.15) is 11.3 Å². The van der Waals surface area contributed by atoms with Crippen LogP contribution in [-0.4, -0.2) is 56.8 Å². The molecule has 1 aromatic heterocycles. The van der Waals surface area contributed by atoms with E-state index in [1.165, 1.54) is 12.3 Å².